The zero-order chi connectivity index (χ0) is 18.1. The quantitative estimate of drug-likeness (QED) is 0.787. The minimum atomic E-state index is -0.345. The Morgan fingerprint density at radius 1 is 1.23 bits per heavy atom. The molecule has 3 aliphatic rings. The molecule has 26 heavy (non-hydrogen) atoms. The number of carbonyl (C=O) groups is 1. The first kappa shape index (κ1) is 15.4. The smallest absolute Gasteiger partial charge is 0.254 e. The fourth-order valence-electron chi connectivity index (χ4n) is 4.69. The van der Waals surface area contributed by atoms with Crippen LogP contribution < -0.4 is 5.32 Å². The number of benzene rings is 1. The Morgan fingerprint density at radius 2 is 1.92 bits per heavy atom. The van der Waals surface area contributed by atoms with Gasteiger partial charge in [0.15, 0.2) is 0 Å². The van der Waals surface area contributed by atoms with E-state index in [1.165, 1.54) is 29.2 Å². The molecule has 2 aromatic heterocycles. The molecule has 6 nitrogen and oxygen atoms in total. The van der Waals surface area contributed by atoms with Gasteiger partial charge in [-0.1, -0.05) is 6.92 Å². The summed E-state index contributed by atoms with van der Waals surface area (Å²) in [5.74, 6) is -0.184. The number of halogens is 1. The van der Waals surface area contributed by atoms with Crippen LogP contribution in [0.3, 0.4) is 0 Å². The van der Waals surface area contributed by atoms with Crippen LogP contribution >= 0.6 is 0 Å². The molecule has 6 rings (SSSR count). The van der Waals surface area contributed by atoms with Gasteiger partial charge in [-0.2, -0.15) is 9.78 Å². The molecule has 2 bridgehead atoms. The van der Waals surface area contributed by atoms with E-state index in [0.29, 0.717) is 22.4 Å². The van der Waals surface area contributed by atoms with E-state index in [0.717, 1.165) is 30.3 Å². The highest BCUT2D eigenvalue weighted by Crippen LogP contribution is 2.66. The third kappa shape index (κ3) is 2.16. The molecule has 132 valence electrons. The molecule has 3 aliphatic carbocycles. The number of fused-ring (bicyclic) bond motifs is 1. The van der Waals surface area contributed by atoms with Crippen molar-refractivity contribution in [3.8, 4) is 5.95 Å². The van der Waals surface area contributed by atoms with Crippen LogP contribution in [-0.2, 0) is 0 Å². The first-order chi connectivity index (χ1) is 12.4. The van der Waals surface area contributed by atoms with E-state index in [2.05, 4.69) is 27.3 Å². The molecule has 0 aliphatic heterocycles. The molecule has 0 saturated heterocycles. The lowest BCUT2D eigenvalue weighted by Gasteiger charge is -2.69. The molecule has 0 radical (unpaired) electrons. The fraction of sp³-hybridized carbons (Fsp3) is 0.368. The lowest BCUT2D eigenvalue weighted by molar-refractivity contribution is -0.132. The lowest BCUT2D eigenvalue weighted by atomic mass is 9.40. The highest BCUT2D eigenvalue weighted by atomic mass is 19.1. The number of aromatic nitrogens is 4. The van der Waals surface area contributed by atoms with Crippen LogP contribution in [0.5, 0.6) is 0 Å². The molecule has 1 aromatic carbocycles. The molecule has 0 atom stereocenters. The molecule has 3 fully saturated rings. The van der Waals surface area contributed by atoms with Crippen LogP contribution in [0.15, 0.2) is 30.6 Å². The lowest BCUT2D eigenvalue weighted by Crippen LogP contribution is -2.73. The Labute approximate surface area is 149 Å². The van der Waals surface area contributed by atoms with E-state index in [1.54, 1.807) is 6.07 Å². The van der Waals surface area contributed by atoms with Gasteiger partial charge in [-0.3, -0.25) is 4.79 Å². The second-order valence-corrected chi connectivity index (χ2v) is 8.01. The van der Waals surface area contributed by atoms with Gasteiger partial charge in [0.1, 0.15) is 5.82 Å². The number of hydrogen-bond acceptors (Lipinski definition) is 4. The van der Waals surface area contributed by atoms with Gasteiger partial charge >= 0.3 is 0 Å². The van der Waals surface area contributed by atoms with Crippen molar-refractivity contribution >= 4 is 16.8 Å². The second-order valence-electron chi connectivity index (χ2n) is 8.01. The van der Waals surface area contributed by atoms with Crippen molar-refractivity contribution in [1.82, 2.24) is 25.1 Å². The first-order valence-corrected chi connectivity index (χ1v) is 8.66. The summed E-state index contributed by atoms with van der Waals surface area (Å²) in [4.78, 5) is 21.0. The maximum absolute atomic E-state index is 13.6. The van der Waals surface area contributed by atoms with Gasteiger partial charge in [0.2, 0.25) is 0 Å². The van der Waals surface area contributed by atoms with Crippen LogP contribution in [0.25, 0.3) is 16.9 Å². The molecule has 0 unspecified atom stereocenters. The van der Waals surface area contributed by atoms with Crippen LogP contribution in [-0.4, -0.2) is 31.2 Å². The molecule has 2 heterocycles. The van der Waals surface area contributed by atoms with Gasteiger partial charge in [-0.05, 0) is 43.7 Å². The molecular formula is C19H18FN5O. The van der Waals surface area contributed by atoms with Crippen LogP contribution in [0, 0.1) is 18.2 Å². The van der Waals surface area contributed by atoms with E-state index in [4.69, 9.17) is 0 Å². The highest BCUT2D eigenvalue weighted by molar-refractivity contribution is 5.94. The predicted molar refractivity (Wildman–Crippen MR) is 93.5 cm³/mol. The third-order valence-electron chi connectivity index (χ3n) is 5.59. The normalized spacial score (nSPS) is 26.3. The van der Waals surface area contributed by atoms with Crippen LogP contribution in [0.4, 0.5) is 4.39 Å². The maximum Gasteiger partial charge on any atom is 0.254 e. The maximum atomic E-state index is 13.6. The van der Waals surface area contributed by atoms with E-state index >= 15 is 0 Å². The highest BCUT2D eigenvalue weighted by Gasteiger charge is 2.65. The number of aryl methyl sites for hydroxylation is 1. The summed E-state index contributed by atoms with van der Waals surface area (Å²) in [6, 6.07) is 4.50. The summed E-state index contributed by atoms with van der Waals surface area (Å²) < 4.78 is 15.1. The Kier molecular flexibility index (Phi) is 2.89. The SMILES string of the molecule is Cc1nn(-c2ncc(C(=O)NC34CC(C)(C3)C4)cn2)c2cc(F)ccc12. The van der Waals surface area contributed by atoms with E-state index in [-0.39, 0.29) is 17.3 Å². The minimum Gasteiger partial charge on any atom is -0.346 e. The zero-order valence-electron chi connectivity index (χ0n) is 14.6. The standard InChI is InChI=1S/C19H18FN5O/c1-11-14-4-3-13(20)5-15(14)25(24-11)17-21-6-12(7-22-17)16(26)23-19-8-18(2,9-19)10-19/h3-7H,8-10H2,1-2H3,(H,23,26). The molecule has 0 spiro atoms. The van der Waals surface area contributed by atoms with E-state index in [9.17, 15) is 9.18 Å². The van der Waals surface area contributed by atoms with Gasteiger partial charge < -0.3 is 5.32 Å². The molecule has 1 amide bonds. The van der Waals surface area contributed by atoms with Gasteiger partial charge in [0, 0.05) is 29.4 Å². The van der Waals surface area contributed by atoms with E-state index < -0.39 is 0 Å². The van der Waals surface area contributed by atoms with Gasteiger partial charge in [0.25, 0.3) is 11.9 Å². The number of hydrogen-bond donors (Lipinski definition) is 1. The summed E-state index contributed by atoms with van der Waals surface area (Å²) in [5, 5.41) is 8.35. The summed E-state index contributed by atoms with van der Waals surface area (Å²) >= 11 is 0. The van der Waals surface area contributed by atoms with Crippen molar-refractivity contribution < 1.29 is 9.18 Å². The average Bonchev–Trinajstić information content (AvgIpc) is 2.88. The Bertz CT molecular complexity index is 1040. The summed E-state index contributed by atoms with van der Waals surface area (Å²) in [7, 11) is 0. The Morgan fingerprint density at radius 3 is 2.58 bits per heavy atom. The molecule has 1 N–H and O–H groups in total. The second kappa shape index (κ2) is 4.87. The number of amides is 1. The number of carbonyl (C=O) groups excluding carboxylic acids is 1. The van der Waals surface area contributed by atoms with Crippen molar-refractivity contribution in [2.45, 2.75) is 38.6 Å². The van der Waals surface area contributed by atoms with Crippen molar-refractivity contribution in [2.75, 3.05) is 0 Å². The molecule has 3 saturated carbocycles. The largest absolute Gasteiger partial charge is 0.346 e. The summed E-state index contributed by atoms with van der Waals surface area (Å²) in [6.07, 6.45) is 6.14. The number of rotatable bonds is 3. The van der Waals surface area contributed by atoms with Crippen molar-refractivity contribution in [3.63, 3.8) is 0 Å². The summed E-state index contributed by atoms with van der Waals surface area (Å²) in [6.45, 7) is 4.10. The fourth-order valence-corrected chi connectivity index (χ4v) is 4.69. The van der Waals surface area contributed by atoms with Crippen LogP contribution in [0.1, 0.15) is 42.2 Å². The van der Waals surface area contributed by atoms with Crippen molar-refractivity contribution in [3.05, 3.63) is 47.7 Å². The molecular weight excluding hydrogens is 333 g/mol. The third-order valence-corrected chi connectivity index (χ3v) is 5.59. The topological polar surface area (TPSA) is 72.7 Å². The van der Waals surface area contributed by atoms with Gasteiger partial charge in [-0.15, -0.1) is 0 Å². The van der Waals surface area contributed by atoms with Gasteiger partial charge in [0.05, 0.1) is 16.8 Å². The van der Waals surface area contributed by atoms with Crippen molar-refractivity contribution in [1.29, 1.82) is 0 Å². The summed E-state index contributed by atoms with van der Waals surface area (Å²) in [5.41, 5.74) is 2.20. The van der Waals surface area contributed by atoms with Crippen molar-refractivity contribution in [2.24, 2.45) is 5.41 Å². The predicted octanol–water partition coefficient (Wildman–Crippen LogP) is 2.94. The first-order valence-electron chi connectivity index (χ1n) is 8.66. The van der Waals surface area contributed by atoms with Crippen LogP contribution in [0.2, 0.25) is 0 Å². The molecule has 7 heteroatoms. The zero-order valence-corrected chi connectivity index (χ0v) is 14.6. The number of nitrogens with one attached hydrogen (secondary N) is 1. The van der Waals surface area contributed by atoms with E-state index in [1.807, 2.05) is 6.92 Å². The Balaban J connectivity index is 1.42. The molecule has 3 aromatic rings. The Hall–Kier alpha value is -2.83. The monoisotopic (exact) mass is 351 g/mol. The number of nitrogens with zero attached hydrogens (tertiary/aromatic N) is 4. The van der Waals surface area contributed by atoms with Gasteiger partial charge in [-0.25, -0.2) is 14.4 Å². The minimum absolute atomic E-state index is 0.0165. The average molecular weight is 351 g/mol.